The van der Waals surface area contributed by atoms with E-state index in [2.05, 4.69) is 27.8 Å². The summed E-state index contributed by atoms with van der Waals surface area (Å²) in [4.78, 5) is 0. The SMILES string of the molecule is COc1ccc(C(O)C#Cc2ccc(Br)cc2)cc1. The summed E-state index contributed by atoms with van der Waals surface area (Å²) in [5, 5.41) is 9.98. The van der Waals surface area contributed by atoms with Crippen LogP contribution >= 0.6 is 15.9 Å². The summed E-state index contributed by atoms with van der Waals surface area (Å²) < 4.78 is 6.08. The molecule has 3 heteroatoms. The first-order valence-electron chi connectivity index (χ1n) is 5.78. The van der Waals surface area contributed by atoms with Crippen LogP contribution in [0.15, 0.2) is 53.0 Å². The lowest BCUT2D eigenvalue weighted by molar-refractivity contribution is 0.238. The number of methoxy groups -OCH3 is 1. The van der Waals surface area contributed by atoms with E-state index in [1.807, 2.05) is 24.3 Å². The minimum absolute atomic E-state index is 0.755. The third-order valence-corrected chi connectivity index (χ3v) is 3.16. The lowest BCUT2D eigenvalue weighted by atomic mass is 10.1. The fourth-order valence-electron chi connectivity index (χ4n) is 1.55. The topological polar surface area (TPSA) is 29.5 Å². The first-order valence-corrected chi connectivity index (χ1v) is 6.57. The van der Waals surface area contributed by atoms with Gasteiger partial charge in [-0.3, -0.25) is 0 Å². The van der Waals surface area contributed by atoms with E-state index in [0.29, 0.717) is 0 Å². The van der Waals surface area contributed by atoms with Crippen molar-refractivity contribution in [2.45, 2.75) is 6.10 Å². The Bertz CT molecular complexity index is 591. The van der Waals surface area contributed by atoms with Gasteiger partial charge in [0.05, 0.1) is 7.11 Å². The minimum Gasteiger partial charge on any atom is -0.497 e. The molecule has 0 bridgehead atoms. The van der Waals surface area contributed by atoms with E-state index in [1.165, 1.54) is 0 Å². The van der Waals surface area contributed by atoms with Gasteiger partial charge in [0, 0.05) is 10.0 Å². The Hall–Kier alpha value is -1.76. The maximum atomic E-state index is 9.98. The third-order valence-electron chi connectivity index (χ3n) is 2.63. The molecule has 96 valence electrons. The molecule has 2 aromatic carbocycles. The third kappa shape index (κ3) is 3.85. The largest absolute Gasteiger partial charge is 0.497 e. The number of benzene rings is 2. The van der Waals surface area contributed by atoms with E-state index in [-0.39, 0.29) is 0 Å². The molecule has 0 aliphatic rings. The van der Waals surface area contributed by atoms with Crippen LogP contribution in [0, 0.1) is 11.8 Å². The molecular weight excluding hydrogens is 304 g/mol. The number of hydrogen-bond acceptors (Lipinski definition) is 2. The van der Waals surface area contributed by atoms with Crippen LogP contribution in [-0.4, -0.2) is 12.2 Å². The van der Waals surface area contributed by atoms with Gasteiger partial charge in [-0.2, -0.15) is 0 Å². The smallest absolute Gasteiger partial charge is 0.140 e. The van der Waals surface area contributed by atoms with Crippen molar-refractivity contribution >= 4 is 15.9 Å². The van der Waals surface area contributed by atoms with E-state index < -0.39 is 6.10 Å². The second-order valence-electron chi connectivity index (χ2n) is 3.95. The predicted octanol–water partition coefficient (Wildman–Crippen LogP) is 3.54. The average molecular weight is 317 g/mol. The van der Waals surface area contributed by atoms with Crippen LogP contribution < -0.4 is 4.74 Å². The maximum absolute atomic E-state index is 9.98. The number of rotatable bonds is 2. The van der Waals surface area contributed by atoms with Gasteiger partial charge in [-0.25, -0.2) is 0 Å². The summed E-state index contributed by atoms with van der Waals surface area (Å²) in [5.41, 5.74) is 1.63. The van der Waals surface area contributed by atoms with Crippen LogP contribution in [0.5, 0.6) is 5.75 Å². The van der Waals surface area contributed by atoms with Crippen LogP contribution in [0.4, 0.5) is 0 Å². The fraction of sp³-hybridized carbons (Fsp3) is 0.125. The lowest BCUT2D eigenvalue weighted by Crippen LogP contribution is -1.93. The summed E-state index contributed by atoms with van der Waals surface area (Å²) >= 11 is 3.37. The summed E-state index contributed by atoms with van der Waals surface area (Å²) in [6.45, 7) is 0. The monoisotopic (exact) mass is 316 g/mol. The van der Waals surface area contributed by atoms with Crippen molar-refractivity contribution in [3.63, 3.8) is 0 Å². The Morgan fingerprint density at radius 3 is 2.26 bits per heavy atom. The van der Waals surface area contributed by atoms with Crippen molar-refractivity contribution in [1.82, 2.24) is 0 Å². The van der Waals surface area contributed by atoms with E-state index in [4.69, 9.17) is 4.74 Å². The molecule has 0 saturated carbocycles. The normalized spacial score (nSPS) is 11.3. The molecule has 0 aliphatic carbocycles. The lowest BCUT2D eigenvalue weighted by Gasteiger charge is -2.04. The van der Waals surface area contributed by atoms with Crippen LogP contribution in [0.25, 0.3) is 0 Å². The van der Waals surface area contributed by atoms with Gasteiger partial charge in [0.1, 0.15) is 11.9 Å². The van der Waals surface area contributed by atoms with Gasteiger partial charge < -0.3 is 9.84 Å². The minimum atomic E-state index is -0.797. The molecule has 0 saturated heterocycles. The molecular formula is C16H13BrO2. The molecule has 2 aromatic rings. The van der Waals surface area contributed by atoms with Gasteiger partial charge in [0.15, 0.2) is 0 Å². The molecule has 0 aliphatic heterocycles. The van der Waals surface area contributed by atoms with E-state index in [9.17, 15) is 5.11 Å². The molecule has 0 aromatic heterocycles. The highest BCUT2D eigenvalue weighted by Crippen LogP contribution is 2.17. The van der Waals surface area contributed by atoms with Crippen molar-refractivity contribution in [3.05, 3.63) is 64.1 Å². The Labute approximate surface area is 121 Å². The summed E-state index contributed by atoms with van der Waals surface area (Å²) in [6.07, 6.45) is -0.797. The van der Waals surface area contributed by atoms with E-state index in [0.717, 1.165) is 21.3 Å². The molecule has 0 radical (unpaired) electrons. The summed E-state index contributed by atoms with van der Waals surface area (Å²) in [5.74, 6) is 6.53. The van der Waals surface area contributed by atoms with Crippen LogP contribution in [0.1, 0.15) is 17.2 Å². The summed E-state index contributed by atoms with van der Waals surface area (Å²) in [6, 6.07) is 14.9. The number of hydrogen-bond donors (Lipinski definition) is 1. The molecule has 1 N–H and O–H groups in total. The fourth-order valence-corrected chi connectivity index (χ4v) is 1.82. The Morgan fingerprint density at radius 2 is 1.68 bits per heavy atom. The van der Waals surface area contributed by atoms with Gasteiger partial charge in [0.2, 0.25) is 0 Å². The maximum Gasteiger partial charge on any atom is 0.140 e. The zero-order valence-electron chi connectivity index (χ0n) is 10.4. The number of ether oxygens (including phenoxy) is 1. The molecule has 0 fully saturated rings. The highest BCUT2D eigenvalue weighted by Gasteiger charge is 2.03. The number of aliphatic hydroxyl groups excluding tert-OH is 1. The molecule has 2 nitrogen and oxygen atoms in total. The van der Waals surface area contributed by atoms with Gasteiger partial charge in [-0.15, -0.1) is 0 Å². The van der Waals surface area contributed by atoms with Gasteiger partial charge >= 0.3 is 0 Å². The molecule has 0 heterocycles. The van der Waals surface area contributed by atoms with Crippen molar-refractivity contribution < 1.29 is 9.84 Å². The van der Waals surface area contributed by atoms with Gasteiger partial charge in [0.25, 0.3) is 0 Å². The molecule has 19 heavy (non-hydrogen) atoms. The zero-order valence-corrected chi connectivity index (χ0v) is 12.0. The van der Waals surface area contributed by atoms with Crippen molar-refractivity contribution in [2.75, 3.05) is 7.11 Å². The highest BCUT2D eigenvalue weighted by atomic mass is 79.9. The van der Waals surface area contributed by atoms with Crippen molar-refractivity contribution in [3.8, 4) is 17.6 Å². The first kappa shape index (κ1) is 13.7. The van der Waals surface area contributed by atoms with Crippen LogP contribution in [0.3, 0.4) is 0 Å². The Morgan fingerprint density at radius 1 is 1.05 bits per heavy atom. The Kier molecular flexibility index (Phi) is 4.62. The van der Waals surface area contributed by atoms with E-state index in [1.54, 1.807) is 31.4 Å². The number of aliphatic hydroxyl groups is 1. The average Bonchev–Trinajstić information content (AvgIpc) is 2.46. The molecule has 1 unspecified atom stereocenters. The molecule has 0 amide bonds. The predicted molar refractivity (Wildman–Crippen MR) is 79.0 cm³/mol. The van der Waals surface area contributed by atoms with E-state index >= 15 is 0 Å². The zero-order chi connectivity index (χ0) is 13.7. The first-order chi connectivity index (χ1) is 9.19. The van der Waals surface area contributed by atoms with Crippen molar-refractivity contribution in [2.24, 2.45) is 0 Å². The number of halogens is 1. The van der Waals surface area contributed by atoms with Gasteiger partial charge in [-0.1, -0.05) is 39.9 Å². The second-order valence-corrected chi connectivity index (χ2v) is 4.87. The van der Waals surface area contributed by atoms with Crippen LogP contribution in [0.2, 0.25) is 0 Å². The second kappa shape index (κ2) is 6.42. The molecule has 1 atom stereocenters. The molecule has 2 rings (SSSR count). The Balaban J connectivity index is 2.12. The molecule has 0 spiro atoms. The highest BCUT2D eigenvalue weighted by molar-refractivity contribution is 9.10. The standard InChI is InChI=1S/C16H13BrO2/c1-19-15-9-5-13(6-10-15)16(18)11-4-12-2-7-14(17)8-3-12/h2-3,5-10,16,18H,1H3. The van der Waals surface area contributed by atoms with Crippen molar-refractivity contribution in [1.29, 1.82) is 0 Å². The quantitative estimate of drug-likeness (QED) is 0.859. The van der Waals surface area contributed by atoms with Crippen LogP contribution in [-0.2, 0) is 0 Å². The summed E-state index contributed by atoms with van der Waals surface area (Å²) in [7, 11) is 1.61. The van der Waals surface area contributed by atoms with Gasteiger partial charge in [-0.05, 0) is 42.0 Å².